The summed E-state index contributed by atoms with van der Waals surface area (Å²) in [6, 6.07) is 0. The molecule has 102 valence electrons. The van der Waals surface area contributed by atoms with E-state index in [9.17, 15) is 4.79 Å². The van der Waals surface area contributed by atoms with Gasteiger partial charge in [-0.05, 0) is 13.3 Å². The fourth-order valence-electron chi connectivity index (χ4n) is 1.05. The van der Waals surface area contributed by atoms with Crippen molar-refractivity contribution in [1.29, 1.82) is 0 Å². The van der Waals surface area contributed by atoms with Gasteiger partial charge in [0.15, 0.2) is 4.34 Å². The highest BCUT2D eigenvalue weighted by Gasteiger charge is 2.10. The molecule has 1 aromatic heterocycles. The highest BCUT2D eigenvalue weighted by Crippen LogP contribution is 2.29. The topological polar surface area (TPSA) is 64.1 Å². The van der Waals surface area contributed by atoms with Crippen LogP contribution in [0.3, 0.4) is 0 Å². The predicted octanol–water partition coefficient (Wildman–Crippen LogP) is 2.79. The molecule has 0 fully saturated rings. The molecule has 0 bridgehead atoms. The maximum absolute atomic E-state index is 11.5. The van der Waals surface area contributed by atoms with Gasteiger partial charge in [-0.1, -0.05) is 36.9 Å². The standard InChI is InChI=1S/C11H19N3O2S2/c1-4-8(3)17-11-14-13-10(18-11)12-9(15)6-7-16-5-2/h8H,4-7H2,1-3H3,(H,12,13,15). The van der Waals surface area contributed by atoms with Crippen LogP contribution in [0.5, 0.6) is 0 Å². The number of thioether (sulfide) groups is 1. The zero-order chi connectivity index (χ0) is 13.4. The summed E-state index contributed by atoms with van der Waals surface area (Å²) in [5.74, 6) is -0.0836. The molecule has 5 nitrogen and oxygen atoms in total. The SMILES string of the molecule is CCOCCC(=O)Nc1nnc(SC(C)CC)s1. The van der Waals surface area contributed by atoms with Gasteiger partial charge in [-0.25, -0.2) is 0 Å². The van der Waals surface area contributed by atoms with Crippen molar-refractivity contribution in [3.05, 3.63) is 0 Å². The number of carbonyl (C=O) groups is 1. The molecule has 7 heteroatoms. The number of aromatic nitrogens is 2. The fourth-order valence-corrected chi connectivity index (χ4v) is 3.07. The minimum atomic E-state index is -0.0836. The van der Waals surface area contributed by atoms with E-state index < -0.39 is 0 Å². The highest BCUT2D eigenvalue weighted by molar-refractivity contribution is 8.01. The summed E-state index contributed by atoms with van der Waals surface area (Å²) >= 11 is 3.09. The van der Waals surface area contributed by atoms with Crippen LogP contribution < -0.4 is 5.32 Å². The lowest BCUT2D eigenvalue weighted by Crippen LogP contribution is -2.13. The molecular weight excluding hydrogens is 270 g/mol. The summed E-state index contributed by atoms with van der Waals surface area (Å²) in [7, 11) is 0. The molecule has 1 rings (SSSR count). The summed E-state index contributed by atoms with van der Waals surface area (Å²) in [4.78, 5) is 11.5. The van der Waals surface area contributed by atoms with Gasteiger partial charge < -0.3 is 10.1 Å². The maximum Gasteiger partial charge on any atom is 0.228 e. The van der Waals surface area contributed by atoms with Crippen LogP contribution >= 0.6 is 23.1 Å². The molecular formula is C11H19N3O2S2. The normalized spacial score (nSPS) is 12.4. The number of hydrogen-bond donors (Lipinski definition) is 1. The number of anilines is 1. The van der Waals surface area contributed by atoms with Crippen LogP contribution in [0, 0.1) is 0 Å². The Morgan fingerprint density at radius 2 is 2.28 bits per heavy atom. The Bertz CT molecular complexity index is 371. The molecule has 1 N–H and O–H groups in total. The molecule has 0 radical (unpaired) electrons. The largest absolute Gasteiger partial charge is 0.381 e. The minimum absolute atomic E-state index is 0.0836. The van der Waals surface area contributed by atoms with Gasteiger partial charge in [-0.3, -0.25) is 4.79 Å². The maximum atomic E-state index is 11.5. The van der Waals surface area contributed by atoms with Gasteiger partial charge in [0, 0.05) is 11.9 Å². The second-order valence-electron chi connectivity index (χ2n) is 3.70. The van der Waals surface area contributed by atoms with E-state index in [0.29, 0.717) is 30.0 Å². The first-order chi connectivity index (χ1) is 8.65. The van der Waals surface area contributed by atoms with Crippen molar-refractivity contribution in [2.75, 3.05) is 18.5 Å². The van der Waals surface area contributed by atoms with Gasteiger partial charge in [0.2, 0.25) is 11.0 Å². The van der Waals surface area contributed by atoms with Crippen LogP contribution in [0.2, 0.25) is 0 Å². The first-order valence-corrected chi connectivity index (χ1v) is 7.73. The molecule has 18 heavy (non-hydrogen) atoms. The summed E-state index contributed by atoms with van der Waals surface area (Å²) in [5.41, 5.74) is 0. The molecule has 0 aliphatic carbocycles. The van der Waals surface area contributed by atoms with Gasteiger partial charge in [-0.15, -0.1) is 10.2 Å². The third-order valence-electron chi connectivity index (χ3n) is 2.21. The Kier molecular flexibility index (Phi) is 7.22. The van der Waals surface area contributed by atoms with Crippen LogP contribution in [0.1, 0.15) is 33.6 Å². The molecule has 1 amide bonds. The third-order valence-corrected chi connectivity index (χ3v) is 4.40. The third kappa shape index (κ3) is 5.79. The molecule has 0 aliphatic rings. The number of amides is 1. The summed E-state index contributed by atoms with van der Waals surface area (Å²) in [6.07, 6.45) is 1.43. The lowest BCUT2D eigenvalue weighted by atomic mass is 10.4. The monoisotopic (exact) mass is 289 g/mol. The van der Waals surface area contributed by atoms with Crippen LogP contribution in [-0.4, -0.2) is 34.6 Å². The van der Waals surface area contributed by atoms with Gasteiger partial charge in [0.05, 0.1) is 13.0 Å². The van der Waals surface area contributed by atoms with Crippen LogP contribution in [0.4, 0.5) is 5.13 Å². The zero-order valence-electron chi connectivity index (χ0n) is 10.9. The molecule has 0 spiro atoms. The Hall–Kier alpha value is -0.660. The predicted molar refractivity (Wildman–Crippen MR) is 75.3 cm³/mol. The summed E-state index contributed by atoms with van der Waals surface area (Å²) < 4.78 is 6.01. The van der Waals surface area contributed by atoms with E-state index >= 15 is 0 Å². The van der Waals surface area contributed by atoms with E-state index in [0.717, 1.165) is 10.8 Å². The molecule has 1 unspecified atom stereocenters. The number of hydrogen-bond acceptors (Lipinski definition) is 6. The Morgan fingerprint density at radius 1 is 1.50 bits per heavy atom. The van der Waals surface area contributed by atoms with Crippen LogP contribution in [0.15, 0.2) is 4.34 Å². The number of ether oxygens (including phenoxy) is 1. The average Bonchev–Trinajstić information content (AvgIpc) is 2.76. The Labute approximate surface area is 116 Å². The van der Waals surface area contributed by atoms with Crippen LogP contribution in [0.25, 0.3) is 0 Å². The molecule has 1 atom stereocenters. The molecule has 1 aromatic rings. The van der Waals surface area contributed by atoms with Crippen molar-refractivity contribution in [1.82, 2.24) is 10.2 Å². The second kappa shape index (κ2) is 8.44. The lowest BCUT2D eigenvalue weighted by Gasteiger charge is -2.02. The van der Waals surface area contributed by atoms with Crippen molar-refractivity contribution in [3.8, 4) is 0 Å². The molecule has 0 aliphatic heterocycles. The van der Waals surface area contributed by atoms with Crippen molar-refractivity contribution in [2.24, 2.45) is 0 Å². The second-order valence-corrected chi connectivity index (χ2v) is 6.37. The van der Waals surface area contributed by atoms with E-state index in [-0.39, 0.29) is 5.91 Å². The smallest absolute Gasteiger partial charge is 0.228 e. The number of nitrogens with one attached hydrogen (secondary N) is 1. The lowest BCUT2D eigenvalue weighted by molar-refractivity contribution is -0.117. The van der Waals surface area contributed by atoms with Crippen molar-refractivity contribution < 1.29 is 9.53 Å². The van der Waals surface area contributed by atoms with E-state index in [2.05, 4.69) is 29.4 Å². The highest BCUT2D eigenvalue weighted by atomic mass is 32.2. The minimum Gasteiger partial charge on any atom is -0.381 e. The fraction of sp³-hybridized carbons (Fsp3) is 0.727. The Balaban J connectivity index is 2.36. The summed E-state index contributed by atoms with van der Waals surface area (Å²) in [6.45, 7) is 7.25. The van der Waals surface area contributed by atoms with E-state index in [1.807, 2.05) is 6.92 Å². The molecule has 0 aromatic carbocycles. The number of nitrogens with zero attached hydrogens (tertiary/aromatic N) is 2. The van der Waals surface area contributed by atoms with Crippen molar-refractivity contribution in [2.45, 2.75) is 43.2 Å². The van der Waals surface area contributed by atoms with Crippen molar-refractivity contribution in [3.63, 3.8) is 0 Å². The van der Waals surface area contributed by atoms with E-state index in [1.165, 1.54) is 11.3 Å². The van der Waals surface area contributed by atoms with Gasteiger partial charge in [-0.2, -0.15) is 0 Å². The Morgan fingerprint density at radius 3 is 2.94 bits per heavy atom. The molecule has 0 saturated heterocycles. The molecule has 0 saturated carbocycles. The first kappa shape index (κ1) is 15.4. The quantitative estimate of drug-likeness (QED) is 0.453. The number of rotatable bonds is 8. The summed E-state index contributed by atoms with van der Waals surface area (Å²) in [5, 5.41) is 11.8. The average molecular weight is 289 g/mol. The first-order valence-electron chi connectivity index (χ1n) is 6.03. The van der Waals surface area contributed by atoms with Gasteiger partial charge in [0.1, 0.15) is 0 Å². The van der Waals surface area contributed by atoms with Crippen LogP contribution in [-0.2, 0) is 9.53 Å². The number of carbonyl (C=O) groups excluding carboxylic acids is 1. The molecule has 1 heterocycles. The van der Waals surface area contributed by atoms with E-state index in [1.54, 1.807) is 11.8 Å². The van der Waals surface area contributed by atoms with Crippen molar-refractivity contribution >= 4 is 34.1 Å². The van der Waals surface area contributed by atoms with E-state index in [4.69, 9.17) is 4.74 Å². The van der Waals surface area contributed by atoms with Gasteiger partial charge >= 0.3 is 0 Å². The van der Waals surface area contributed by atoms with Gasteiger partial charge in [0.25, 0.3) is 0 Å². The zero-order valence-corrected chi connectivity index (χ0v) is 12.6.